The van der Waals surface area contributed by atoms with Crippen LogP contribution in [0.2, 0.25) is 0 Å². The third-order valence-electron chi connectivity index (χ3n) is 5.82. The van der Waals surface area contributed by atoms with Crippen molar-refractivity contribution in [3.05, 3.63) is 77.6 Å². The van der Waals surface area contributed by atoms with Crippen LogP contribution >= 0.6 is 0 Å². The predicted octanol–water partition coefficient (Wildman–Crippen LogP) is 4.63. The van der Waals surface area contributed by atoms with Crippen molar-refractivity contribution < 1.29 is 14.6 Å². The molecule has 7 nitrogen and oxygen atoms in total. The molecular formula is C26H30N4O3. The van der Waals surface area contributed by atoms with Crippen molar-refractivity contribution in [1.82, 2.24) is 10.3 Å². The van der Waals surface area contributed by atoms with Crippen LogP contribution in [-0.2, 0) is 6.42 Å². The summed E-state index contributed by atoms with van der Waals surface area (Å²) < 4.78 is 5.75. The Morgan fingerprint density at radius 1 is 1.21 bits per heavy atom. The van der Waals surface area contributed by atoms with E-state index in [1.54, 1.807) is 6.20 Å². The topological polar surface area (TPSA) is 86.7 Å². The molecule has 2 aromatic carbocycles. The summed E-state index contributed by atoms with van der Waals surface area (Å²) in [6.45, 7) is 5.48. The molecule has 1 aliphatic heterocycles. The fourth-order valence-corrected chi connectivity index (χ4v) is 4.13. The quantitative estimate of drug-likeness (QED) is 0.465. The summed E-state index contributed by atoms with van der Waals surface area (Å²) in [5, 5.41) is 16.2. The molecule has 3 aromatic rings. The summed E-state index contributed by atoms with van der Waals surface area (Å²) in [5.41, 5.74) is 5.50. The molecule has 1 atom stereocenters. The molecular weight excluding hydrogens is 416 g/mol. The second-order valence-corrected chi connectivity index (χ2v) is 8.47. The Labute approximate surface area is 194 Å². The van der Waals surface area contributed by atoms with E-state index in [1.807, 2.05) is 26.0 Å². The number of hydrogen-bond acceptors (Lipinski definition) is 6. The molecule has 2 heterocycles. The lowest BCUT2D eigenvalue weighted by molar-refractivity contribution is 0.0697. The largest absolute Gasteiger partial charge is 0.491 e. The number of rotatable bonds is 8. The molecule has 0 radical (unpaired) electrons. The highest BCUT2D eigenvalue weighted by Crippen LogP contribution is 2.31. The van der Waals surface area contributed by atoms with Crippen molar-refractivity contribution in [3.8, 4) is 5.75 Å². The maximum atomic E-state index is 11.5. The molecule has 1 unspecified atom stereocenters. The molecule has 172 valence electrons. The second-order valence-electron chi connectivity index (χ2n) is 8.47. The van der Waals surface area contributed by atoms with Crippen molar-refractivity contribution in [3.63, 3.8) is 0 Å². The van der Waals surface area contributed by atoms with Gasteiger partial charge >= 0.3 is 5.97 Å². The highest BCUT2D eigenvalue weighted by molar-refractivity contribution is 5.93. The summed E-state index contributed by atoms with van der Waals surface area (Å²) >= 11 is 0. The number of aromatic carboxylic acids is 1. The number of carbonyl (C=O) groups is 1. The van der Waals surface area contributed by atoms with Gasteiger partial charge < -0.3 is 25.4 Å². The lowest BCUT2D eigenvalue weighted by atomic mass is 9.93. The van der Waals surface area contributed by atoms with Gasteiger partial charge in [-0.05, 0) is 80.4 Å². The Hall–Kier alpha value is -3.58. The van der Waals surface area contributed by atoms with Crippen LogP contribution in [0.3, 0.4) is 0 Å². The van der Waals surface area contributed by atoms with E-state index < -0.39 is 5.97 Å². The van der Waals surface area contributed by atoms with Crippen LogP contribution in [0.5, 0.6) is 5.75 Å². The van der Waals surface area contributed by atoms with Crippen LogP contribution in [0, 0.1) is 0 Å². The van der Waals surface area contributed by atoms with Gasteiger partial charge in [0, 0.05) is 37.2 Å². The molecule has 0 bridgehead atoms. The summed E-state index contributed by atoms with van der Waals surface area (Å²) in [4.78, 5) is 17.7. The van der Waals surface area contributed by atoms with Gasteiger partial charge in [0.25, 0.3) is 0 Å². The Morgan fingerprint density at radius 2 is 1.97 bits per heavy atom. The number of carboxylic acids is 1. The second kappa shape index (κ2) is 9.92. The number of pyridine rings is 1. The van der Waals surface area contributed by atoms with Gasteiger partial charge in [-0.1, -0.05) is 6.07 Å². The normalized spacial score (nSPS) is 15.1. The van der Waals surface area contributed by atoms with Crippen molar-refractivity contribution in [2.45, 2.75) is 32.4 Å². The minimum absolute atomic E-state index is 0.0856. The van der Waals surface area contributed by atoms with E-state index in [2.05, 4.69) is 57.9 Å². The van der Waals surface area contributed by atoms with Crippen LogP contribution in [0.4, 0.5) is 17.1 Å². The van der Waals surface area contributed by atoms with Crippen LogP contribution in [0.1, 0.15) is 41.4 Å². The maximum absolute atomic E-state index is 11.5. The molecule has 1 aliphatic rings. The molecule has 33 heavy (non-hydrogen) atoms. The van der Waals surface area contributed by atoms with Gasteiger partial charge in [0.2, 0.25) is 0 Å². The van der Waals surface area contributed by atoms with Crippen LogP contribution < -0.4 is 20.3 Å². The summed E-state index contributed by atoms with van der Waals surface area (Å²) in [5.74, 6) is -0.0953. The first kappa shape index (κ1) is 22.6. The zero-order valence-electron chi connectivity index (χ0n) is 19.2. The number of benzene rings is 2. The van der Waals surface area contributed by atoms with Gasteiger partial charge in [0.1, 0.15) is 5.75 Å². The number of carboxylic acid groups (broad SMARTS) is 1. The Morgan fingerprint density at radius 3 is 2.70 bits per heavy atom. The molecule has 0 saturated heterocycles. The first-order chi connectivity index (χ1) is 15.9. The van der Waals surface area contributed by atoms with Crippen LogP contribution in [0.25, 0.3) is 0 Å². The molecule has 0 aliphatic carbocycles. The lowest BCUT2D eigenvalue weighted by Crippen LogP contribution is -2.34. The predicted molar refractivity (Wildman–Crippen MR) is 131 cm³/mol. The minimum Gasteiger partial charge on any atom is -0.491 e. The highest BCUT2D eigenvalue weighted by Gasteiger charge is 2.21. The van der Waals surface area contributed by atoms with Gasteiger partial charge in [-0.15, -0.1) is 0 Å². The number of nitrogens with zero attached hydrogens (tertiary/aromatic N) is 2. The molecule has 0 fully saturated rings. The van der Waals surface area contributed by atoms with Crippen molar-refractivity contribution >= 4 is 23.0 Å². The first-order valence-electron chi connectivity index (χ1n) is 11.2. The van der Waals surface area contributed by atoms with E-state index in [1.165, 1.54) is 23.4 Å². The monoisotopic (exact) mass is 446 g/mol. The third kappa shape index (κ3) is 5.26. The minimum atomic E-state index is -0.964. The Bertz CT molecular complexity index is 1110. The molecule has 4 rings (SSSR count). The molecule has 3 N–H and O–H groups in total. The van der Waals surface area contributed by atoms with Crippen LogP contribution in [-0.4, -0.2) is 42.3 Å². The van der Waals surface area contributed by atoms with E-state index in [0.29, 0.717) is 12.2 Å². The number of hydrogen-bond donors (Lipinski definition) is 3. The van der Waals surface area contributed by atoms with E-state index in [9.17, 15) is 9.90 Å². The number of aromatic nitrogens is 1. The fraction of sp³-hybridized carbons (Fsp3) is 0.308. The average molecular weight is 447 g/mol. The SMILES string of the molecule is CC(C)Oc1ccc(N(C)c2ccc3c(c2)CCNC3CNc2cnccc2C(=O)O)cc1. The highest BCUT2D eigenvalue weighted by atomic mass is 16.5. The number of ether oxygens (including phenoxy) is 1. The van der Waals surface area contributed by atoms with Gasteiger partial charge in [0.05, 0.1) is 23.6 Å². The van der Waals surface area contributed by atoms with Gasteiger partial charge in [-0.3, -0.25) is 4.98 Å². The van der Waals surface area contributed by atoms with Crippen LogP contribution in [0.15, 0.2) is 60.9 Å². The van der Waals surface area contributed by atoms with Crippen molar-refractivity contribution in [2.75, 3.05) is 30.4 Å². The van der Waals surface area contributed by atoms with Gasteiger partial charge in [-0.25, -0.2) is 4.79 Å². The number of anilines is 3. The first-order valence-corrected chi connectivity index (χ1v) is 11.2. The number of fused-ring (bicyclic) bond motifs is 1. The summed E-state index contributed by atoms with van der Waals surface area (Å²) in [6, 6.07) is 16.3. The molecule has 0 spiro atoms. The smallest absolute Gasteiger partial charge is 0.337 e. The average Bonchev–Trinajstić information content (AvgIpc) is 2.82. The third-order valence-corrected chi connectivity index (χ3v) is 5.82. The molecule has 1 aromatic heterocycles. The fourth-order valence-electron chi connectivity index (χ4n) is 4.13. The van der Waals surface area contributed by atoms with Gasteiger partial charge in [0.15, 0.2) is 0 Å². The summed E-state index contributed by atoms with van der Waals surface area (Å²) in [7, 11) is 2.07. The lowest BCUT2D eigenvalue weighted by Gasteiger charge is -2.29. The molecule has 0 amide bonds. The van der Waals surface area contributed by atoms with E-state index >= 15 is 0 Å². The zero-order valence-corrected chi connectivity index (χ0v) is 19.2. The van der Waals surface area contributed by atoms with Crippen molar-refractivity contribution in [2.24, 2.45) is 0 Å². The summed E-state index contributed by atoms with van der Waals surface area (Å²) in [6.07, 6.45) is 4.15. The van der Waals surface area contributed by atoms with E-state index in [0.717, 1.165) is 30.1 Å². The Balaban J connectivity index is 1.48. The van der Waals surface area contributed by atoms with E-state index in [4.69, 9.17) is 4.74 Å². The molecule has 7 heteroatoms. The maximum Gasteiger partial charge on any atom is 0.337 e. The zero-order chi connectivity index (χ0) is 23.4. The van der Waals surface area contributed by atoms with Crippen molar-refractivity contribution in [1.29, 1.82) is 0 Å². The number of nitrogens with one attached hydrogen (secondary N) is 2. The standard InChI is InChI=1S/C26H30N4O3/c1-17(2)33-21-7-4-19(5-8-21)30(3)20-6-9-22-18(14-20)10-13-28-25(22)16-29-24-15-27-12-11-23(24)26(31)32/h4-9,11-12,14-15,17,25,28-29H,10,13,16H2,1-3H3,(H,31,32). The Kier molecular flexibility index (Phi) is 6.79. The molecule has 0 saturated carbocycles. The van der Waals surface area contributed by atoms with Gasteiger partial charge in [-0.2, -0.15) is 0 Å². The van der Waals surface area contributed by atoms with E-state index in [-0.39, 0.29) is 17.7 Å².